The molecule has 0 aromatic heterocycles. The van der Waals surface area contributed by atoms with Gasteiger partial charge in [-0.05, 0) is 48.4 Å². The molecular formula is C16H15F4N. The molecule has 5 heteroatoms. The highest BCUT2D eigenvalue weighted by molar-refractivity contribution is 5.26. The van der Waals surface area contributed by atoms with Gasteiger partial charge in [0.05, 0.1) is 0 Å². The highest BCUT2D eigenvalue weighted by Gasteiger charge is 2.14. The van der Waals surface area contributed by atoms with E-state index >= 15 is 0 Å². The predicted molar refractivity (Wildman–Crippen MR) is 72.8 cm³/mol. The molecule has 0 saturated carbocycles. The van der Waals surface area contributed by atoms with E-state index in [2.05, 4.69) is 5.32 Å². The summed E-state index contributed by atoms with van der Waals surface area (Å²) in [5, 5.41) is 3.06. The van der Waals surface area contributed by atoms with Gasteiger partial charge in [-0.15, -0.1) is 0 Å². The van der Waals surface area contributed by atoms with Crippen molar-refractivity contribution < 1.29 is 17.6 Å². The molecule has 0 aliphatic rings. The van der Waals surface area contributed by atoms with Gasteiger partial charge in [0.2, 0.25) is 0 Å². The Hall–Kier alpha value is -1.88. The summed E-state index contributed by atoms with van der Waals surface area (Å²) in [5.41, 5.74) is 0.821. The average molecular weight is 297 g/mol. The first-order valence-electron chi connectivity index (χ1n) is 6.62. The molecule has 112 valence electrons. The molecule has 2 aromatic carbocycles. The Morgan fingerprint density at radius 3 is 1.76 bits per heavy atom. The molecule has 0 spiro atoms. The Labute approximate surface area is 120 Å². The molecule has 1 N–H and O–H groups in total. The Morgan fingerprint density at radius 2 is 1.29 bits per heavy atom. The molecule has 0 aliphatic carbocycles. The topological polar surface area (TPSA) is 12.0 Å². The minimum absolute atomic E-state index is 0.228. The summed E-state index contributed by atoms with van der Waals surface area (Å²) >= 11 is 0. The van der Waals surface area contributed by atoms with Crippen LogP contribution in [0.1, 0.15) is 24.1 Å². The van der Waals surface area contributed by atoms with Gasteiger partial charge in [0.25, 0.3) is 0 Å². The van der Waals surface area contributed by atoms with E-state index in [-0.39, 0.29) is 6.42 Å². The lowest BCUT2D eigenvalue weighted by molar-refractivity contribution is 0.523. The van der Waals surface area contributed by atoms with Gasteiger partial charge in [0, 0.05) is 18.2 Å². The molecular weight excluding hydrogens is 282 g/mol. The Bertz CT molecular complexity index is 587. The zero-order valence-corrected chi connectivity index (χ0v) is 11.5. The van der Waals surface area contributed by atoms with Crippen LogP contribution in [0, 0.1) is 23.3 Å². The monoisotopic (exact) mass is 297 g/mol. The van der Waals surface area contributed by atoms with E-state index in [9.17, 15) is 17.6 Å². The summed E-state index contributed by atoms with van der Waals surface area (Å²) in [5.74, 6) is -2.71. The SMILES string of the molecule is CCNC(Cc1cc(F)cc(F)c1)c1cc(F)cc(F)c1. The van der Waals surface area contributed by atoms with E-state index in [1.807, 2.05) is 6.92 Å². The van der Waals surface area contributed by atoms with Crippen LogP contribution in [0.3, 0.4) is 0 Å². The molecule has 0 aliphatic heterocycles. The summed E-state index contributed by atoms with van der Waals surface area (Å²) in [7, 11) is 0. The van der Waals surface area contributed by atoms with Gasteiger partial charge in [-0.25, -0.2) is 17.6 Å². The first-order valence-corrected chi connectivity index (χ1v) is 6.62. The first-order chi connectivity index (χ1) is 9.97. The maximum atomic E-state index is 13.3. The summed E-state index contributed by atoms with van der Waals surface area (Å²) in [6.07, 6.45) is 0.228. The van der Waals surface area contributed by atoms with E-state index in [0.717, 1.165) is 12.1 Å². The van der Waals surface area contributed by atoms with Gasteiger partial charge in [-0.2, -0.15) is 0 Å². The molecule has 0 heterocycles. The fourth-order valence-corrected chi connectivity index (χ4v) is 2.30. The maximum Gasteiger partial charge on any atom is 0.126 e. The molecule has 1 unspecified atom stereocenters. The van der Waals surface area contributed by atoms with Gasteiger partial charge in [0.1, 0.15) is 23.3 Å². The third-order valence-corrected chi connectivity index (χ3v) is 3.10. The van der Waals surface area contributed by atoms with E-state index in [1.54, 1.807) is 0 Å². The smallest absolute Gasteiger partial charge is 0.126 e. The third-order valence-electron chi connectivity index (χ3n) is 3.10. The van der Waals surface area contributed by atoms with Crippen molar-refractivity contribution in [2.75, 3.05) is 6.54 Å². The minimum atomic E-state index is -0.682. The van der Waals surface area contributed by atoms with Crippen LogP contribution in [0.25, 0.3) is 0 Å². The lowest BCUT2D eigenvalue weighted by Crippen LogP contribution is -2.23. The largest absolute Gasteiger partial charge is 0.310 e. The maximum absolute atomic E-state index is 13.3. The van der Waals surface area contributed by atoms with Gasteiger partial charge in [0.15, 0.2) is 0 Å². The van der Waals surface area contributed by atoms with Crippen molar-refractivity contribution in [1.82, 2.24) is 5.32 Å². The summed E-state index contributed by atoms with van der Waals surface area (Å²) in [4.78, 5) is 0. The molecule has 1 nitrogen and oxygen atoms in total. The third kappa shape index (κ3) is 4.29. The molecule has 0 amide bonds. The van der Waals surface area contributed by atoms with Gasteiger partial charge in [-0.3, -0.25) is 0 Å². The number of rotatable bonds is 5. The number of nitrogens with one attached hydrogen (secondary N) is 1. The van der Waals surface area contributed by atoms with Crippen LogP contribution in [0.4, 0.5) is 17.6 Å². The van der Waals surface area contributed by atoms with Crippen LogP contribution in [-0.4, -0.2) is 6.54 Å². The number of hydrogen-bond donors (Lipinski definition) is 1. The number of likely N-dealkylation sites (N-methyl/N-ethyl adjacent to an activating group) is 1. The highest BCUT2D eigenvalue weighted by atomic mass is 19.1. The summed E-state index contributed by atoms with van der Waals surface area (Å²) < 4.78 is 53.0. The van der Waals surface area contributed by atoms with Crippen molar-refractivity contribution in [3.63, 3.8) is 0 Å². The summed E-state index contributed by atoms with van der Waals surface area (Å²) in [6, 6.07) is 5.99. The van der Waals surface area contributed by atoms with E-state index in [1.165, 1.54) is 24.3 Å². The standard InChI is InChI=1S/C16H15F4N/c1-2-21-16(11-6-14(19)9-15(20)7-11)5-10-3-12(17)8-13(18)4-10/h3-4,6-9,16,21H,2,5H2,1H3. The fraction of sp³-hybridized carbons (Fsp3) is 0.250. The van der Waals surface area contributed by atoms with E-state index in [0.29, 0.717) is 17.7 Å². The molecule has 0 bridgehead atoms. The van der Waals surface area contributed by atoms with Gasteiger partial charge in [-0.1, -0.05) is 6.92 Å². The first kappa shape index (κ1) is 15.5. The normalized spacial score (nSPS) is 12.4. The van der Waals surface area contributed by atoms with Crippen molar-refractivity contribution in [2.24, 2.45) is 0 Å². The lowest BCUT2D eigenvalue weighted by atomic mass is 9.98. The van der Waals surface area contributed by atoms with Crippen molar-refractivity contribution in [3.8, 4) is 0 Å². The zero-order valence-electron chi connectivity index (χ0n) is 11.5. The quantitative estimate of drug-likeness (QED) is 0.818. The Morgan fingerprint density at radius 1 is 0.810 bits per heavy atom. The van der Waals surface area contributed by atoms with E-state index < -0.39 is 29.3 Å². The molecule has 0 fully saturated rings. The van der Waals surface area contributed by atoms with Crippen LogP contribution in [0.5, 0.6) is 0 Å². The fourth-order valence-electron chi connectivity index (χ4n) is 2.30. The molecule has 0 saturated heterocycles. The number of hydrogen-bond acceptors (Lipinski definition) is 1. The van der Waals surface area contributed by atoms with Crippen LogP contribution < -0.4 is 5.32 Å². The predicted octanol–water partition coefficient (Wildman–Crippen LogP) is 4.14. The molecule has 0 radical (unpaired) electrons. The van der Waals surface area contributed by atoms with Crippen molar-refractivity contribution >= 4 is 0 Å². The Kier molecular flexibility index (Phi) is 4.96. The Balaban J connectivity index is 2.30. The summed E-state index contributed by atoms with van der Waals surface area (Å²) in [6.45, 7) is 2.40. The highest BCUT2D eigenvalue weighted by Crippen LogP contribution is 2.21. The molecule has 21 heavy (non-hydrogen) atoms. The lowest BCUT2D eigenvalue weighted by Gasteiger charge is -2.19. The van der Waals surface area contributed by atoms with Crippen LogP contribution in [-0.2, 0) is 6.42 Å². The number of benzene rings is 2. The second-order valence-corrected chi connectivity index (χ2v) is 4.79. The zero-order chi connectivity index (χ0) is 15.4. The molecule has 2 rings (SSSR count). The second-order valence-electron chi connectivity index (χ2n) is 4.79. The van der Waals surface area contributed by atoms with Gasteiger partial charge < -0.3 is 5.32 Å². The van der Waals surface area contributed by atoms with Crippen LogP contribution >= 0.6 is 0 Å². The van der Waals surface area contributed by atoms with Crippen molar-refractivity contribution in [3.05, 3.63) is 70.8 Å². The molecule has 2 aromatic rings. The van der Waals surface area contributed by atoms with E-state index in [4.69, 9.17) is 0 Å². The minimum Gasteiger partial charge on any atom is -0.310 e. The van der Waals surface area contributed by atoms with Crippen molar-refractivity contribution in [1.29, 1.82) is 0 Å². The van der Waals surface area contributed by atoms with Crippen LogP contribution in [0.2, 0.25) is 0 Å². The molecule has 1 atom stereocenters. The van der Waals surface area contributed by atoms with Crippen molar-refractivity contribution in [2.45, 2.75) is 19.4 Å². The average Bonchev–Trinajstić information content (AvgIpc) is 2.35. The number of halogens is 4. The van der Waals surface area contributed by atoms with Gasteiger partial charge >= 0.3 is 0 Å². The van der Waals surface area contributed by atoms with Crippen LogP contribution in [0.15, 0.2) is 36.4 Å². The second kappa shape index (κ2) is 6.72.